The van der Waals surface area contributed by atoms with Crippen LogP contribution < -0.4 is 0 Å². The van der Waals surface area contributed by atoms with Gasteiger partial charge >= 0.3 is 0 Å². The van der Waals surface area contributed by atoms with Crippen LogP contribution in [0.4, 0.5) is 0 Å². The molecule has 0 spiro atoms. The minimum absolute atomic E-state index is 0.0241. The second-order valence-electron chi connectivity index (χ2n) is 7.32. The average molecular weight is 352 g/mol. The van der Waals surface area contributed by atoms with E-state index in [0.29, 0.717) is 5.92 Å². The molecule has 0 unspecified atom stereocenters. The first-order chi connectivity index (χ1) is 12.4. The van der Waals surface area contributed by atoms with Crippen molar-refractivity contribution in [1.82, 2.24) is 19.5 Å². The summed E-state index contributed by atoms with van der Waals surface area (Å²) in [6.07, 6.45) is 2.88. The van der Waals surface area contributed by atoms with Crippen molar-refractivity contribution in [3.63, 3.8) is 0 Å². The van der Waals surface area contributed by atoms with Gasteiger partial charge in [-0.3, -0.25) is 4.98 Å². The fourth-order valence-corrected chi connectivity index (χ4v) is 3.29. The molecule has 1 atom stereocenters. The van der Waals surface area contributed by atoms with Gasteiger partial charge in [0.05, 0.1) is 24.0 Å². The third-order valence-corrected chi connectivity index (χ3v) is 4.92. The molecule has 138 valence electrons. The van der Waals surface area contributed by atoms with Gasteiger partial charge in [0, 0.05) is 23.1 Å². The van der Waals surface area contributed by atoms with Gasteiger partial charge in [-0.25, -0.2) is 9.97 Å². The lowest BCUT2D eigenvalue weighted by molar-refractivity contribution is 0.241. The molecular weight excluding hydrogens is 324 g/mol. The van der Waals surface area contributed by atoms with Crippen LogP contribution >= 0.6 is 0 Å². The maximum Gasteiger partial charge on any atom is 0.159 e. The summed E-state index contributed by atoms with van der Waals surface area (Å²) in [5.74, 6) is 0.403. The Hall–Kier alpha value is -2.27. The summed E-state index contributed by atoms with van der Waals surface area (Å²) < 4.78 is 2.01. The van der Waals surface area contributed by atoms with Gasteiger partial charge in [0.15, 0.2) is 5.65 Å². The van der Waals surface area contributed by atoms with Gasteiger partial charge in [0.25, 0.3) is 0 Å². The number of hydrogen-bond acceptors (Lipinski definition) is 4. The molecule has 3 heterocycles. The van der Waals surface area contributed by atoms with Crippen LogP contribution in [-0.2, 0) is 6.42 Å². The van der Waals surface area contributed by atoms with Crippen LogP contribution in [0.1, 0.15) is 62.3 Å². The second kappa shape index (κ2) is 7.16. The first-order valence-corrected chi connectivity index (χ1v) is 9.34. The second-order valence-corrected chi connectivity index (χ2v) is 7.32. The molecule has 0 aliphatic heterocycles. The zero-order valence-electron chi connectivity index (χ0n) is 16.5. The SMILES string of the molecule is CCc1nc(C(C)C)ccc1-c1nc2c(C)cn([C@H](C)CO)c2nc1C. The van der Waals surface area contributed by atoms with E-state index >= 15 is 0 Å². The van der Waals surface area contributed by atoms with Crippen molar-refractivity contribution >= 4 is 11.2 Å². The molecule has 3 rings (SSSR count). The predicted molar refractivity (Wildman–Crippen MR) is 105 cm³/mol. The van der Waals surface area contributed by atoms with E-state index in [-0.39, 0.29) is 12.6 Å². The molecule has 0 fully saturated rings. The molecule has 0 aliphatic rings. The van der Waals surface area contributed by atoms with Gasteiger partial charge in [-0.15, -0.1) is 0 Å². The van der Waals surface area contributed by atoms with Crippen LogP contribution in [0.5, 0.6) is 0 Å². The van der Waals surface area contributed by atoms with Crippen molar-refractivity contribution in [1.29, 1.82) is 0 Å². The van der Waals surface area contributed by atoms with Crippen LogP contribution in [0.3, 0.4) is 0 Å². The Morgan fingerprint density at radius 3 is 2.42 bits per heavy atom. The van der Waals surface area contributed by atoms with Gasteiger partial charge < -0.3 is 9.67 Å². The molecule has 5 nitrogen and oxygen atoms in total. The Labute approximate surface area is 155 Å². The van der Waals surface area contributed by atoms with Crippen molar-refractivity contribution in [3.05, 3.63) is 41.0 Å². The largest absolute Gasteiger partial charge is 0.394 e. The minimum Gasteiger partial charge on any atom is -0.394 e. The summed E-state index contributed by atoms with van der Waals surface area (Å²) in [7, 11) is 0. The Morgan fingerprint density at radius 2 is 1.81 bits per heavy atom. The predicted octanol–water partition coefficient (Wildman–Crippen LogP) is 4.35. The summed E-state index contributed by atoms with van der Waals surface area (Å²) in [6, 6.07) is 4.20. The molecule has 26 heavy (non-hydrogen) atoms. The van der Waals surface area contributed by atoms with Crippen molar-refractivity contribution in [3.8, 4) is 11.3 Å². The van der Waals surface area contributed by atoms with Crippen molar-refractivity contribution < 1.29 is 5.11 Å². The van der Waals surface area contributed by atoms with Crippen molar-refractivity contribution in [2.75, 3.05) is 6.61 Å². The number of aliphatic hydroxyl groups is 1. The van der Waals surface area contributed by atoms with E-state index in [1.54, 1.807) is 0 Å². The number of nitrogens with zero attached hydrogens (tertiary/aromatic N) is 4. The number of rotatable bonds is 5. The number of hydrogen-bond donors (Lipinski definition) is 1. The molecule has 0 saturated carbocycles. The van der Waals surface area contributed by atoms with Gasteiger partial charge in [0.2, 0.25) is 0 Å². The summed E-state index contributed by atoms with van der Waals surface area (Å²) in [6.45, 7) is 12.5. The Morgan fingerprint density at radius 1 is 1.08 bits per heavy atom. The Balaban J connectivity index is 2.21. The molecule has 0 saturated heterocycles. The zero-order chi connectivity index (χ0) is 19.0. The highest BCUT2D eigenvalue weighted by Crippen LogP contribution is 2.29. The lowest BCUT2D eigenvalue weighted by Gasteiger charge is -2.14. The Kier molecular flexibility index (Phi) is 5.10. The fraction of sp³-hybridized carbons (Fsp3) is 0.476. The van der Waals surface area contributed by atoms with Crippen molar-refractivity contribution in [2.24, 2.45) is 0 Å². The van der Waals surface area contributed by atoms with Crippen molar-refractivity contribution in [2.45, 2.75) is 59.9 Å². The molecule has 1 N–H and O–H groups in total. The molecular formula is C21H28N4O. The van der Waals surface area contributed by atoms with Gasteiger partial charge in [-0.2, -0.15) is 0 Å². The van der Waals surface area contributed by atoms with Crippen LogP contribution in [0, 0.1) is 13.8 Å². The van der Waals surface area contributed by atoms with Gasteiger partial charge in [-0.05, 0) is 50.8 Å². The molecule has 0 amide bonds. The third-order valence-electron chi connectivity index (χ3n) is 4.92. The van der Waals surface area contributed by atoms with Crippen LogP contribution in [0.2, 0.25) is 0 Å². The number of pyridine rings is 1. The summed E-state index contributed by atoms with van der Waals surface area (Å²) >= 11 is 0. The number of aryl methyl sites for hydroxylation is 3. The van der Waals surface area contributed by atoms with Crippen LogP contribution in [-0.4, -0.2) is 31.2 Å². The highest BCUT2D eigenvalue weighted by Gasteiger charge is 2.18. The van der Waals surface area contributed by atoms with E-state index in [9.17, 15) is 5.11 Å². The zero-order valence-corrected chi connectivity index (χ0v) is 16.5. The number of aliphatic hydroxyl groups excluding tert-OH is 1. The van der Waals surface area contributed by atoms with E-state index in [0.717, 1.165) is 51.5 Å². The van der Waals surface area contributed by atoms with E-state index in [4.69, 9.17) is 15.0 Å². The molecule has 0 aliphatic carbocycles. The third kappa shape index (κ3) is 3.12. The highest BCUT2D eigenvalue weighted by molar-refractivity contribution is 5.80. The minimum atomic E-state index is -0.0241. The molecule has 0 bridgehead atoms. The maximum atomic E-state index is 9.52. The van der Waals surface area contributed by atoms with Crippen LogP contribution in [0.25, 0.3) is 22.4 Å². The van der Waals surface area contributed by atoms with Gasteiger partial charge in [0.1, 0.15) is 5.52 Å². The first-order valence-electron chi connectivity index (χ1n) is 9.34. The molecule has 3 aromatic rings. The monoisotopic (exact) mass is 352 g/mol. The lowest BCUT2D eigenvalue weighted by Crippen LogP contribution is -2.09. The topological polar surface area (TPSA) is 63.8 Å². The van der Waals surface area contributed by atoms with E-state index in [1.807, 2.05) is 31.5 Å². The molecule has 0 aromatic carbocycles. The average Bonchev–Trinajstić information content (AvgIpc) is 2.95. The normalized spacial score (nSPS) is 12.9. The number of fused-ring (bicyclic) bond motifs is 1. The summed E-state index contributed by atoms with van der Waals surface area (Å²) in [4.78, 5) is 14.6. The van der Waals surface area contributed by atoms with Gasteiger partial charge in [-0.1, -0.05) is 20.8 Å². The molecule has 3 aromatic heterocycles. The van der Waals surface area contributed by atoms with E-state index < -0.39 is 0 Å². The summed E-state index contributed by atoms with van der Waals surface area (Å²) in [5.41, 5.74) is 7.80. The first kappa shape index (κ1) is 18.5. The molecule has 5 heteroatoms. The lowest BCUT2D eigenvalue weighted by atomic mass is 10.0. The molecule has 0 radical (unpaired) electrons. The number of aromatic nitrogens is 4. The highest BCUT2D eigenvalue weighted by atomic mass is 16.3. The maximum absolute atomic E-state index is 9.52. The van der Waals surface area contributed by atoms with E-state index in [1.165, 1.54) is 0 Å². The fourth-order valence-electron chi connectivity index (χ4n) is 3.29. The quantitative estimate of drug-likeness (QED) is 0.741. The van der Waals surface area contributed by atoms with E-state index in [2.05, 4.69) is 32.9 Å². The van der Waals surface area contributed by atoms with Crippen LogP contribution in [0.15, 0.2) is 18.3 Å². The summed E-state index contributed by atoms with van der Waals surface area (Å²) in [5, 5.41) is 9.52. The Bertz CT molecular complexity index is 943. The smallest absolute Gasteiger partial charge is 0.159 e. The standard InChI is InChI=1S/C21H28N4O/c1-7-17-16(8-9-18(23-17)12(2)3)20-15(6)22-21-19(24-20)13(4)10-25(21)14(5)11-26/h8-10,12,14,26H,7,11H2,1-6H3/t14-/m1/s1.